The van der Waals surface area contributed by atoms with Gasteiger partial charge in [-0.1, -0.05) is 30.7 Å². The van der Waals surface area contributed by atoms with E-state index in [-0.39, 0.29) is 36.5 Å². The highest BCUT2D eigenvalue weighted by molar-refractivity contribution is 5.87. The van der Waals surface area contributed by atoms with Gasteiger partial charge >= 0.3 is 11.9 Å². The van der Waals surface area contributed by atoms with Gasteiger partial charge in [0.25, 0.3) is 0 Å². The number of allylic oxidation sites excluding steroid dienone is 2. The highest BCUT2D eigenvalue weighted by Gasteiger charge is 2.57. The van der Waals surface area contributed by atoms with E-state index in [2.05, 4.69) is 18.3 Å². The van der Waals surface area contributed by atoms with Gasteiger partial charge in [0.1, 0.15) is 6.10 Å². The Morgan fingerprint density at radius 2 is 1.92 bits per heavy atom. The second-order valence-corrected chi connectivity index (χ2v) is 10.9. The van der Waals surface area contributed by atoms with Gasteiger partial charge < -0.3 is 34.5 Å². The van der Waals surface area contributed by atoms with Gasteiger partial charge in [-0.3, -0.25) is 14.4 Å². The van der Waals surface area contributed by atoms with Crippen molar-refractivity contribution >= 4 is 17.8 Å². The van der Waals surface area contributed by atoms with E-state index in [1.165, 1.54) is 13.0 Å². The van der Waals surface area contributed by atoms with Gasteiger partial charge in [0.15, 0.2) is 5.79 Å². The van der Waals surface area contributed by atoms with Gasteiger partial charge in [-0.15, -0.1) is 0 Å². The largest absolute Gasteiger partial charge is 0.481 e. The lowest BCUT2D eigenvalue weighted by molar-refractivity contribution is -0.259. The number of amides is 1. The Bertz CT molecular complexity index is 969. The molecule has 3 fully saturated rings. The topological polar surface area (TPSA) is 144 Å². The number of carbonyl (C=O) groups excluding carboxylic acids is 2. The summed E-state index contributed by atoms with van der Waals surface area (Å²) in [4.78, 5) is 34.5. The van der Waals surface area contributed by atoms with E-state index >= 15 is 0 Å². The number of hydrogen-bond donors (Lipinski definition) is 3. The van der Waals surface area contributed by atoms with Crippen LogP contribution in [-0.4, -0.2) is 76.5 Å². The minimum absolute atomic E-state index is 0.00393. The first-order valence-corrected chi connectivity index (χ1v) is 13.2. The molecule has 3 aliphatic heterocycles. The fraction of sp³-hybridized carbons (Fsp3) is 0.679. The zero-order chi connectivity index (χ0) is 28.1. The number of esters is 1. The summed E-state index contributed by atoms with van der Waals surface area (Å²) < 4.78 is 22.5. The molecule has 0 bridgehead atoms. The summed E-state index contributed by atoms with van der Waals surface area (Å²) >= 11 is 0. The summed E-state index contributed by atoms with van der Waals surface area (Å²) in [6, 6.07) is -0.127. The number of nitrogens with one attached hydrogen (secondary N) is 1. The van der Waals surface area contributed by atoms with Gasteiger partial charge in [0.05, 0.1) is 43.0 Å². The molecule has 212 valence electrons. The third-order valence-electron chi connectivity index (χ3n) is 7.18. The van der Waals surface area contributed by atoms with Crippen LogP contribution in [0.4, 0.5) is 0 Å². The smallest absolute Gasteiger partial charge is 0.308 e. The highest BCUT2D eigenvalue weighted by Crippen LogP contribution is 2.46. The van der Waals surface area contributed by atoms with Crippen LogP contribution in [0, 0.1) is 5.92 Å². The van der Waals surface area contributed by atoms with Crippen molar-refractivity contribution in [3.63, 3.8) is 0 Å². The van der Waals surface area contributed by atoms with Crippen LogP contribution in [-0.2, 0) is 33.3 Å². The number of carboxylic acid groups (broad SMARTS) is 1. The van der Waals surface area contributed by atoms with Crippen molar-refractivity contribution in [2.75, 3.05) is 6.61 Å². The average molecular weight is 536 g/mol. The molecule has 38 heavy (non-hydrogen) atoms. The predicted molar refractivity (Wildman–Crippen MR) is 138 cm³/mol. The standard InChI is InChI=1S/C28H41NO9/c1-17(6-9-22-13-27(16-35-27)15-28(34,38-22)14-26(32)33)7-10-24-18(2)12-23(20(4)37-24)29-25(31)11-8-19(3)36-21(5)30/h6-9,11,18-20,22-24,34H,10,12-16H2,1-5H3,(H,29,31)(H,32,33)/t18-,19-,20+,22+,23+,24-,27+,28?/m0/s1. The molecule has 10 nitrogen and oxygen atoms in total. The first kappa shape index (κ1) is 30.0. The molecule has 3 heterocycles. The summed E-state index contributed by atoms with van der Waals surface area (Å²) in [5.74, 6) is -3.30. The Morgan fingerprint density at radius 1 is 1.21 bits per heavy atom. The molecule has 0 aliphatic carbocycles. The molecule has 0 saturated carbocycles. The Kier molecular flexibility index (Phi) is 9.91. The van der Waals surface area contributed by atoms with Gasteiger partial charge in [0, 0.05) is 25.8 Å². The number of ether oxygens (including phenoxy) is 4. The first-order chi connectivity index (χ1) is 17.8. The number of aliphatic carboxylic acids is 1. The van der Waals surface area contributed by atoms with Crippen LogP contribution in [0.15, 0.2) is 36.0 Å². The fourth-order valence-electron chi connectivity index (χ4n) is 5.17. The summed E-state index contributed by atoms with van der Waals surface area (Å²) in [6.07, 6.45) is 9.38. The molecule has 8 atom stereocenters. The molecule has 1 unspecified atom stereocenters. The van der Waals surface area contributed by atoms with E-state index in [9.17, 15) is 19.5 Å². The zero-order valence-electron chi connectivity index (χ0n) is 22.8. The molecule has 0 aromatic carbocycles. The van der Waals surface area contributed by atoms with E-state index in [0.717, 1.165) is 12.0 Å². The van der Waals surface area contributed by atoms with Crippen molar-refractivity contribution in [2.45, 2.75) is 109 Å². The van der Waals surface area contributed by atoms with Crippen molar-refractivity contribution in [2.24, 2.45) is 5.92 Å². The average Bonchev–Trinajstić information content (AvgIpc) is 3.53. The molecule has 3 rings (SSSR count). The zero-order valence-corrected chi connectivity index (χ0v) is 22.8. The summed E-state index contributed by atoms with van der Waals surface area (Å²) in [5.41, 5.74) is 0.497. The monoisotopic (exact) mass is 535 g/mol. The van der Waals surface area contributed by atoms with Crippen molar-refractivity contribution in [1.29, 1.82) is 0 Å². The van der Waals surface area contributed by atoms with E-state index in [1.807, 2.05) is 26.0 Å². The minimum Gasteiger partial charge on any atom is -0.481 e. The number of carboxylic acids is 1. The number of carbonyl (C=O) groups is 3. The Hall–Kier alpha value is -2.53. The van der Waals surface area contributed by atoms with Gasteiger partial charge in [0.2, 0.25) is 5.91 Å². The van der Waals surface area contributed by atoms with Crippen LogP contribution in [0.25, 0.3) is 0 Å². The van der Waals surface area contributed by atoms with Crippen molar-refractivity contribution in [1.82, 2.24) is 5.32 Å². The van der Waals surface area contributed by atoms with Crippen LogP contribution in [0.1, 0.15) is 66.7 Å². The predicted octanol–water partition coefficient (Wildman–Crippen LogP) is 2.80. The second kappa shape index (κ2) is 12.5. The van der Waals surface area contributed by atoms with Crippen LogP contribution >= 0.6 is 0 Å². The fourth-order valence-corrected chi connectivity index (χ4v) is 5.17. The Labute approximate surface area is 224 Å². The number of epoxide rings is 1. The normalized spacial score (nSPS) is 36.4. The van der Waals surface area contributed by atoms with Crippen molar-refractivity contribution in [3.05, 3.63) is 36.0 Å². The van der Waals surface area contributed by atoms with Crippen molar-refractivity contribution < 1.29 is 43.5 Å². The number of rotatable bonds is 10. The van der Waals surface area contributed by atoms with Gasteiger partial charge in [-0.25, -0.2) is 0 Å². The van der Waals surface area contributed by atoms with E-state index in [1.54, 1.807) is 13.0 Å². The maximum atomic E-state index is 12.3. The minimum atomic E-state index is -1.74. The van der Waals surface area contributed by atoms with Gasteiger partial charge in [-0.05, 0) is 45.6 Å². The quantitative estimate of drug-likeness (QED) is 0.166. The van der Waals surface area contributed by atoms with Crippen LogP contribution in [0.2, 0.25) is 0 Å². The highest BCUT2D eigenvalue weighted by atomic mass is 16.7. The summed E-state index contributed by atoms with van der Waals surface area (Å²) in [6.45, 7) is 9.52. The lowest BCUT2D eigenvalue weighted by Crippen LogP contribution is -2.50. The lowest BCUT2D eigenvalue weighted by Gasteiger charge is -2.39. The molecule has 3 aliphatic rings. The molecule has 0 aromatic heterocycles. The Balaban J connectivity index is 1.49. The molecule has 3 N–H and O–H groups in total. The molecule has 0 radical (unpaired) electrons. The molecule has 10 heteroatoms. The van der Waals surface area contributed by atoms with E-state index < -0.39 is 42.0 Å². The maximum Gasteiger partial charge on any atom is 0.308 e. The lowest BCUT2D eigenvalue weighted by atomic mass is 9.87. The molecule has 3 saturated heterocycles. The number of aliphatic hydroxyl groups is 1. The van der Waals surface area contributed by atoms with Crippen molar-refractivity contribution in [3.8, 4) is 0 Å². The van der Waals surface area contributed by atoms with Crippen LogP contribution in [0.5, 0.6) is 0 Å². The van der Waals surface area contributed by atoms with Gasteiger partial charge in [-0.2, -0.15) is 0 Å². The maximum absolute atomic E-state index is 12.3. The van der Waals surface area contributed by atoms with Crippen LogP contribution in [0.3, 0.4) is 0 Å². The van der Waals surface area contributed by atoms with Crippen LogP contribution < -0.4 is 5.32 Å². The summed E-state index contributed by atoms with van der Waals surface area (Å²) in [7, 11) is 0. The molecular weight excluding hydrogens is 494 g/mol. The number of hydrogen-bond acceptors (Lipinski definition) is 8. The first-order valence-electron chi connectivity index (χ1n) is 13.2. The molecule has 1 spiro atoms. The van der Waals surface area contributed by atoms with E-state index in [4.69, 9.17) is 24.1 Å². The second-order valence-electron chi connectivity index (χ2n) is 10.9. The van der Waals surface area contributed by atoms with E-state index in [0.29, 0.717) is 19.4 Å². The molecule has 0 aromatic rings. The Morgan fingerprint density at radius 3 is 2.55 bits per heavy atom. The summed E-state index contributed by atoms with van der Waals surface area (Å²) in [5, 5.41) is 22.8. The molecular formula is C28H41NO9. The third kappa shape index (κ3) is 9.04. The molecule has 1 amide bonds. The SMILES string of the molecule is CC(=O)O[C@@H](C)C=CC(=O)N[C@@H]1C[C@H](C)[C@H](CC=C(C)C=C[C@@H]2C[C@]3(CO3)CC(O)(CC(=O)O)O2)O[C@@H]1C. The third-order valence-corrected chi connectivity index (χ3v) is 7.18.